The molecule has 0 aliphatic carbocycles. The van der Waals surface area contributed by atoms with Crippen molar-refractivity contribution in [2.24, 2.45) is 11.8 Å². The van der Waals surface area contributed by atoms with Crippen LogP contribution in [0, 0.1) is 23.2 Å². The topological polar surface area (TPSA) is 52.9 Å². The summed E-state index contributed by atoms with van der Waals surface area (Å²) in [5.74, 6) is -0.668. The Bertz CT molecular complexity index is 422. The predicted octanol–water partition coefficient (Wildman–Crippen LogP) is 2.97. The van der Waals surface area contributed by atoms with Gasteiger partial charge in [-0.05, 0) is 34.3 Å². The Balaban J connectivity index is 2.36. The van der Waals surface area contributed by atoms with Gasteiger partial charge >= 0.3 is 0 Å². The zero-order chi connectivity index (χ0) is 12.8. The Labute approximate surface area is 114 Å². The van der Waals surface area contributed by atoms with Crippen molar-refractivity contribution in [1.82, 2.24) is 5.32 Å². The number of nitrogens with one attached hydrogen (secondary N) is 1. The van der Waals surface area contributed by atoms with Gasteiger partial charge in [0.05, 0.1) is 6.07 Å². The van der Waals surface area contributed by atoms with Gasteiger partial charge in [0.1, 0.15) is 5.92 Å². The Hall–Kier alpha value is -0.860. The lowest BCUT2D eigenvalue weighted by atomic mass is 9.97. The van der Waals surface area contributed by atoms with E-state index in [9.17, 15) is 4.79 Å². The number of nitriles is 1. The fourth-order valence-corrected chi connectivity index (χ4v) is 2.87. The van der Waals surface area contributed by atoms with Crippen LogP contribution in [-0.4, -0.2) is 12.5 Å². The van der Waals surface area contributed by atoms with Gasteiger partial charge in [0, 0.05) is 21.3 Å². The summed E-state index contributed by atoms with van der Waals surface area (Å²) in [5, 5.41) is 13.7. The van der Waals surface area contributed by atoms with Crippen molar-refractivity contribution >= 4 is 33.2 Å². The Morgan fingerprint density at radius 1 is 1.65 bits per heavy atom. The number of hydrogen-bond donors (Lipinski definition) is 1. The van der Waals surface area contributed by atoms with E-state index in [0.29, 0.717) is 6.54 Å². The summed E-state index contributed by atoms with van der Waals surface area (Å²) in [6.45, 7) is 4.34. The molecule has 1 unspecified atom stereocenters. The Kier molecular flexibility index (Phi) is 5.66. The summed E-state index contributed by atoms with van der Waals surface area (Å²) in [5.41, 5.74) is 0. The van der Waals surface area contributed by atoms with Gasteiger partial charge in [-0.15, -0.1) is 11.3 Å². The maximum Gasteiger partial charge on any atom is 0.237 e. The maximum atomic E-state index is 11.7. The second-order valence-electron chi connectivity index (χ2n) is 4.12. The van der Waals surface area contributed by atoms with Gasteiger partial charge in [0.25, 0.3) is 0 Å². The summed E-state index contributed by atoms with van der Waals surface area (Å²) >= 11 is 5.04. The predicted molar refractivity (Wildman–Crippen MR) is 72.7 cm³/mol. The minimum atomic E-state index is -0.551. The smallest absolute Gasteiger partial charge is 0.237 e. The van der Waals surface area contributed by atoms with Crippen molar-refractivity contribution in [2.75, 3.05) is 6.54 Å². The highest BCUT2D eigenvalue weighted by Crippen LogP contribution is 2.19. The van der Waals surface area contributed by atoms with Crippen LogP contribution in [0.4, 0.5) is 0 Å². The molecule has 0 radical (unpaired) electrons. The van der Waals surface area contributed by atoms with Gasteiger partial charge in [0.15, 0.2) is 0 Å². The lowest BCUT2D eigenvalue weighted by Gasteiger charge is -2.12. The van der Waals surface area contributed by atoms with E-state index in [4.69, 9.17) is 5.26 Å². The van der Waals surface area contributed by atoms with Crippen LogP contribution in [-0.2, 0) is 11.2 Å². The van der Waals surface area contributed by atoms with Crippen LogP contribution >= 0.6 is 27.3 Å². The fourth-order valence-electron chi connectivity index (χ4n) is 1.41. The van der Waals surface area contributed by atoms with Crippen molar-refractivity contribution < 1.29 is 4.79 Å². The highest BCUT2D eigenvalue weighted by molar-refractivity contribution is 9.10. The second kappa shape index (κ2) is 6.77. The SMILES string of the molecule is CC(C)C(C#N)C(=O)NCCc1cc(Br)cs1. The fraction of sp³-hybridized carbons (Fsp3) is 0.500. The van der Waals surface area contributed by atoms with Crippen molar-refractivity contribution in [2.45, 2.75) is 20.3 Å². The molecule has 1 heterocycles. The quantitative estimate of drug-likeness (QED) is 0.908. The van der Waals surface area contributed by atoms with Crippen LogP contribution in [0.1, 0.15) is 18.7 Å². The van der Waals surface area contributed by atoms with Gasteiger partial charge in [-0.2, -0.15) is 5.26 Å². The molecule has 1 aromatic rings. The van der Waals surface area contributed by atoms with Gasteiger partial charge in [-0.1, -0.05) is 13.8 Å². The molecule has 1 rings (SSSR count). The third-order valence-electron chi connectivity index (χ3n) is 2.38. The number of carbonyl (C=O) groups is 1. The molecule has 0 saturated carbocycles. The standard InChI is InChI=1S/C12H15BrN2OS/c1-8(2)11(6-14)12(16)15-4-3-10-5-9(13)7-17-10/h5,7-8,11H,3-4H2,1-2H3,(H,15,16). The molecular weight excluding hydrogens is 300 g/mol. The number of rotatable bonds is 5. The third-order valence-corrected chi connectivity index (χ3v) is 4.14. The zero-order valence-electron chi connectivity index (χ0n) is 9.87. The summed E-state index contributed by atoms with van der Waals surface area (Å²) in [7, 11) is 0. The maximum absolute atomic E-state index is 11.7. The number of hydrogen-bond acceptors (Lipinski definition) is 3. The molecule has 0 saturated heterocycles. The molecule has 0 aliphatic rings. The molecule has 0 bridgehead atoms. The lowest BCUT2D eigenvalue weighted by Crippen LogP contribution is -2.33. The highest BCUT2D eigenvalue weighted by Gasteiger charge is 2.20. The van der Waals surface area contributed by atoms with E-state index in [0.717, 1.165) is 10.9 Å². The van der Waals surface area contributed by atoms with Crippen molar-refractivity contribution in [1.29, 1.82) is 5.26 Å². The summed E-state index contributed by atoms with van der Waals surface area (Å²) < 4.78 is 1.07. The van der Waals surface area contributed by atoms with E-state index >= 15 is 0 Å². The largest absolute Gasteiger partial charge is 0.355 e. The first-order valence-corrected chi connectivity index (χ1v) is 7.12. The highest BCUT2D eigenvalue weighted by atomic mass is 79.9. The minimum Gasteiger partial charge on any atom is -0.355 e. The average molecular weight is 315 g/mol. The first-order chi connectivity index (χ1) is 8.04. The molecule has 17 heavy (non-hydrogen) atoms. The Morgan fingerprint density at radius 2 is 2.35 bits per heavy atom. The van der Waals surface area contributed by atoms with Gasteiger partial charge in [0.2, 0.25) is 5.91 Å². The van der Waals surface area contributed by atoms with E-state index in [2.05, 4.69) is 21.2 Å². The molecule has 1 N–H and O–H groups in total. The number of carbonyl (C=O) groups excluding carboxylic acids is 1. The molecule has 92 valence electrons. The number of thiophene rings is 1. The van der Waals surface area contributed by atoms with Gasteiger partial charge in [-0.3, -0.25) is 4.79 Å². The van der Waals surface area contributed by atoms with Crippen molar-refractivity contribution in [3.8, 4) is 6.07 Å². The minimum absolute atomic E-state index is 0.0517. The molecule has 0 aliphatic heterocycles. The molecule has 0 spiro atoms. The zero-order valence-corrected chi connectivity index (χ0v) is 12.3. The first kappa shape index (κ1) is 14.2. The van der Waals surface area contributed by atoms with E-state index in [1.165, 1.54) is 4.88 Å². The Morgan fingerprint density at radius 3 is 2.82 bits per heavy atom. The van der Waals surface area contributed by atoms with Crippen LogP contribution in [0.3, 0.4) is 0 Å². The molecular formula is C12H15BrN2OS. The monoisotopic (exact) mass is 314 g/mol. The molecule has 1 aromatic heterocycles. The molecule has 0 aromatic carbocycles. The van der Waals surface area contributed by atoms with E-state index in [-0.39, 0.29) is 11.8 Å². The van der Waals surface area contributed by atoms with Crippen LogP contribution < -0.4 is 5.32 Å². The molecule has 0 fully saturated rings. The third kappa shape index (κ3) is 4.49. The van der Waals surface area contributed by atoms with Crippen LogP contribution in [0.25, 0.3) is 0 Å². The van der Waals surface area contributed by atoms with E-state index < -0.39 is 5.92 Å². The van der Waals surface area contributed by atoms with Crippen LogP contribution in [0.2, 0.25) is 0 Å². The van der Waals surface area contributed by atoms with Gasteiger partial charge in [-0.25, -0.2) is 0 Å². The summed E-state index contributed by atoms with van der Waals surface area (Å²) in [6, 6.07) is 4.08. The number of halogens is 1. The van der Waals surface area contributed by atoms with Crippen LogP contribution in [0.15, 0.2) is 15.9 Å². The van der Waals surface area contributed by atoms with E-state index in [1.807, 2.05) is 31.4 Å². The summed E-state index contributed by atoms with van der Waals surface area (Å²) in [4.78, 5) is 12.9. The number of amides is 1. The average Bonchev–Trinajstić information content (AvgIpc) is 2.64. The summed E-state index contributed by atoms with van der Waals surface area (Å²) in [6.07, 6.45) is 0.804. The van der Waals surface area contributed by atoms with E-state index in [1.54, 1.807) is 11.3 Å². The first-order valence-electron chi connectivity index (χ1n) is 5.45. The molecule has 5 heteroatoms. The molecule has 1 atom stereocenters. The van der Waals surface area contributed by atoms with Crippen molar-refractivity contribution in [3.63, 3.8) is 0 Å². The van der Waals surface area contributed by atoms with Crippen LogP contribution in [0.5, 0.6) is 0 Å². The molecule has 3 nitrogen and oxygen atoms in total. The second-order valence-corrected chi connectivity index (χ2v) is 6.03. The number of nitrogens with zero attached hydrogens (tertiary/aromatic N) is 1. The van der Waals surface area contributed by atoms with Gasteiger partial charge < -0.3 is 5.32 Å². The normalized spacial score (nSPS) is 12.2. The molecule has 1 amide bonds. The lowest BCUT2D eigenvalue weighted by molar-refractivity contribution is -0.124. The van der Waals surface area contributed by atoms with Crippen molar-refractivity contribution in [3.05, 3.63) is 20.8 Å².